The Morgan fingerprint density at radius 3 is 2.74 bits per heavy atom. The molecule has 2 aliphatic rings. The van der Waals surface area contributed by atoms with Crippen molar-refractivity contribution in [3.63, 3.8) is 0 Å². The summed E-state index contributed by atoms with van der Waals surface area (Å²) in [5.41, 5.74) is 12.0. The quantitative estimate of drug-likeness (QED) is 0.666. The van der Waals surface area contributed by atoms with Crippen molar-refractivity contribution in [2.45, 2.75) is 11.3 Å². The van der Waals surface area contributed by atoms with Crippen LogP contribution in [0.3, 0.4) is 0 Å². The Labute approximate surface area is 112 Å². The molecule has 0 bridgehead atoms. The molecule has 1 atom stereocenters. The van der Waals surface area contributed by atoms with Crippen LogP contribution in [0.25, 0.3) is 0 Å². The van der Waals surface area contributed by atoms with E-state index in [0.29, 0.717) is 11.3 Å². The molecule has 6 nitrogen and oxygen atoms in total. The highest BCUT2D eigenvalue weighted by Crippen LogP contribution is 2.38. The number of hydrogen-bond acceptors (Lipinski definition) is 6. The summed E-state index contributed by atoms with van der Waals surface area (Å²) in [6.07, 6.45) is 1.43. The van der Waals surface area contributed by atoms with Gasteiger partial charge in [-0.25, -0.2) is 12.6 Å². The maximum Gasteiger partial charge on any atom is 0.239 e. The molecular formula is C11H10N2O4S2. The molecule has 0 spiro atoms. The third-order valence-corrected chi connectivity index (χ3v) is 6.08. The first-order valence-corrected chi connectivity index (χ1v) is 7.89. The van der Waals surface area contributed by atoms with Crippen molar-refractivity contribution in [1.29, 1.82) is 0 Å². The van der Waals surface area contributed by atoms with Crippen molar-refractivity contribution in [2.24, 2.45) is 5.73 Å². The van der Waals surface area contributed by atoms with Gasteiger partial charge >= 0.3 is 0 Å². The van der Waals surface area contributed by atoms with Crippen molar-refractivity contribution in [3.05, 3.63) is 45.5 Å². The van der Waals surface area contributed by atoms with Gasteiger partial charge in [-0.15, -0.1) is 0 Å². The largest absolute Gasteiger partial charge is 0.399 e. The topological polar surface area (TPSA) is 112 Å². The Morgan fingerprint density at radius 1 is 1.26 bits per heavy atom. The highest BCUT2D eigenvalue weighted by atomic mass is 32.2. The second kappa shape index (κ2) is 3.84. The predicted molar refractivity (Wildman–Crippen MR) is 70.3 cm³/mol. The number of sulfone groups is 1. The molecule has 0 amide bonds. The Balaban J connectivity index is 2.31. The fourth-order valence-corrected chi connectivity index (χ4v) is 5.10. The second-order valence-electron chi connectivity index (χ2n) is 4.20. The molecule has 1 aromatic rings. The summed E-state index contributed by atoms with van der Waals surface area (Å²) in [6, 6.07) is 4.62. The molecule has 2 aliphatic heterocycles. The van der Waals surface area contributed by atoms with Crippen molar-refractivity contribution in [1.82, 2.24) is 0 Å². The molecule has 0 fully saturated rings. The summed E-state index contributed by atoms with van der Waals surface area (Å²) < 4.78 is 41.6. The molecule has 100 valence electrons. The fraction of sp³-hybridized carbons (Fsp3) is 0.0909. The summed E-state index contributed by atoms with van der Waals surface area (Å²) in [7, 11) is -3.76. The maximum atomic E-state index is 12.5. The lowest BCUT2D eigenvalue weighted by Gasteiger charge is -2.24. The van der Waals surface area contributed by atoms with Crippen LogP contribution < -0.4 is 11.5 Å². The summed E-state index contributed by atoms with van der Waals surface area (Å²) >= 11 is -1.87. The van der Waals surface area contributed by atoms with Gasteiger partial charge in [-0.1, -0.05) is 6.07 Å². The number of nitrogens with two attached hydrogens (primary N) is 2. The van der Waals surface area contributed by atoms with Crippen LogP contribution in [0.4, 0.5) is 5.69 Å². The second-order valence-corrected chi connectivity index (χ2v) is 7.21. The first kappa shape index (κ1) is 12.2. The average molecular weight is 298 g/mol. The maximum absolute atomic E-state index is 12.5. The van der Waals surface area contributed by atoms with Crippen LogP contribution in [0.5, 0.6) is 0 Å². The normalized spacial score (nSPS) is 24.0. The summed E-state index contributed by atoms with van der Waals surface area (Å²) in [6.45, 7) is 0. The molecule has 0 aliphatic carbocycles. The molecule has 3 rings (SSSR count). The van der Waals surface area contributed by atoms with E-state index in [2.05, 4.69) is 0 Å². The Morgan fingerprint density at radius 2 is 2.00 bits per heavy atom. The van der Waals surface area contributed by atoms with Gasteiger partial charge in [0.15, 0.2) is 0 Å². The van der Waals surface area contributed by atoms with E-state index in [1.807, 2.05) is 0 Å². The Bertz CT molecular complexity index is 778. The third kappa shape index (κ3) is 1.75. The van der Waals surface area contributed by atoms with E-state index in [1.54, 1.807) is 12.1 Å². The summed E-state index contributed by atoms with van der Waals surface area (Å²) in [5.74, 6) is -0.173. The lowest BCUT2D eigenvalue weighted by Crippen LogP contribution is -2.24. The van der Waals surface area contributed by atoms with E-state index in [-0.39, 0.29) is 27.0 Å². The highest BCUT2D eigenvalue weighted by molar-refractivity contribution is 7.97. The first-order chi connectivity index (χ1) is 8.89. The van der Waals surface area contributed by atoms with E-state index >= 15 is 0 Å². The smallest absolute Gasteiger partial charge is 0.239 e. The molecule has 4 N–H and O–H groups in total. The highest BCUT2D eigenvalue weighted by Gasteiger charge is 2.36. The molecular weight excluding hydrogens is 288 g/mol. The first-order valence-electron chi connectivity index (χ1n) is 5.33. The van der Waals surface area contributed by atoms with Gasteiger partial charge < -0.3 is 15.7 Å². The van der Waals surface area contributed by atoms with Crippen LogP contribution in [0, 0.1) is 0 Å². The molecule has 0 aromatic heterocycles. The van der Waals surface area contributed by atoms with Crippen molar-refractivity contribution < 1.29 is 16.8 Å². The van der Waals surface area contributed by atoms with Crippen LogP contribution in [-0.4, -0.2) is 12.6 Å². The minimum absolute atomic E-state index is 0.0484. The number of allylic oxidation sites excluding steroid dienone is 2. The number of hydrogen-bond donors (Lipinski definition) is 2. The number of nitrogen functional groups attached to an aromatic ring is 1. The van der Waals surface area contributed by atoms with Gasteiger partial charge in [0.2, 0.25) is 26.8 Å². The zero-order valence-electron chi connectivity index (χ0n) is 9.62. The number of rotatable bonds is 0. The van der Waals surface area contributed by atoms with Crippen LogP contribution in [0.15, 0.2) is 44.9 Å². The molecule has 0 saturated carbocycles. The summed E-state index contributed by atoms with van der Waals surface area (Å²) in [5, 5.41) is 0. The van der Waals surface area contributed by atoms with E-state index in [4.69, 9.17) is 15.7 Å². The van der Waals surface area contributed by atoms with Crippen molar-refractivity contribution in [3.8, 4) is 0 Å². The van der Waals surface area contributed by atoms with Gasteiger partial charge in [0.25, 0.3) is 0 Å². The molecule has 0 saturated heterocycles. The molecule has 1 unspecified atom stereocenters. The van der Waals surface area contributed by atoms with Crippen LogP contribution in [-0.2, 0) is 31.5 Å². The van der Waals surface area contributed by atoms with E-state index in [0.717, 1.165) is 0 Å². The van der Waals surface area contributed by atoms with Gasteiger partial charge in [-0.05, 0) is 17.7 Å². The predicted octanol–water partition coefficient (Wildman–Crippen LogP) is 0.304. The number of fused-ring (bicyclic) bond motifs is 1. The van der Waals surface area contributed by atoms with Crippen LogP contribution in [0.2, 0.25) is 0 Å². The zero-order valence-corrected chi connectivity index (χ0v) is 11.3. The van der Waals surface area contributed by atoms with Gasteiger partial charge in [0, 0.05) is 18.2 Å². The monoisotopic (exact) mass is 298 g/mol. The van der Waals surface area contributed by atoms with Gasteiger partial charge in [0.1, 0.15) is 0 Å². The molecule has 1 aromatic carbocycles. The average Bonchev–Trinajstić information content (AvgIpc) is 2.32. The third-order valence-electron chi connectivity index (χ3n) is 2.94. The molecule has 2 heterocycles. The van der Waals surface area contributed by atoms with Gasteiger partial charge in [-0.3, -0.25) is 0 Å². The minimum Gasteiger partial charge on any atom is -0.399 e. The zero-order chi connectivity index (χ0) is 13.8. The van der Waals surface area contributed by atoms with E-state index in [9.17, 15) is 12.6 Å². The molecule has 19 heavy (non-hydrogen) atoms. The minimum atomic E-state index is -3.76. The number of anilines is 1. The van der Waals surface area contributed by atoms with Crippen LogP contribution in [0.1, 0.15) is 5.56 Å². The van der Waals surface area contributed by atoms with Crippen LogP contribution >= 0.6 is 0 Å². The lowest BCUT2D eigenvalue weighted by atomic mass is 10.1. The Hall–Kier alpha value is -1.80. The van der Waals surface area contributed by atoms with E-state index in [1.165, 1.54) is 12.1 Å². The standard InChI is InChI=1S/C11H10N2O4S2/c12-7-2-1-6-3-8-10(5-11(13)17-18(8)14)19(15,16)9(6)4-7/h1-2,4-5H,3,12-13H2. The van der Waals surface area contributed by atoms with Gasteiger partial charge in [0.05, 0.1) is 14.7 Å². The number of benzene rings is 1. The fourth-order valence-electron chi connectivity index (χ4n) is 2.09. The van der Waals surface area contributed by atoms with Crippen molar-refractivity contribution in [2.75, 3.05) is 5.73 Å². The van der Waals surface area contributed by atoms with Crippen molar-refractivity contribution >= 4 is 26.6 Å². The lowest BCUT2D eigenvalue weighted by molar-refractivity contribution is 0.449. The Kier molecular flexibility index (Phi) is 2.48. The van der Waals surface area contributed by atoms with E-state index < -0.39 is 20.9 Å². The SMILES string of the molecule is NC1=CC2=C(Cc3ccc(N)cc3S2(=O)=O)S(=O)O1. The van der Waals surface area contributed by atoms with Gasteiger partial charge in [-0.2, -0.15) is 0 Å². The summed E-state index contributed by atoms with van der Waals surface area (Å²) in [4.78, 5) is 0.299. The molecule has 0 radical (unpaired) electrons. The molecule has 8 heteroatoms.